The van der Waals surface area contributed by atoms with Crippen molar-refractivity contribution >= 4 is 29.1 Å². The first-order valence-corrected chi connectivity index (χ1v) is 7.77. The average Bonchev–Trinajstić information content (AvgIpc) is 2.40. The van der Waals surface area contributed by atoms with Crippen molar-refractivity contribution in [1.29, 1.82) is 0 Å². The number of likely N-dealkylation sites (tertiary alicyclic amines) is 1. The Kier molecular flexibility index (Phi) is 5.36. The zero-order valence-corrected chi connectivity index (χ0v) is 13.5. The number of β-amino-alcohol motifs (C(OH)–C–C–N with tert-alkyl or cyclic N) is 1. The SMILES string of the molecule is CCCC1(O)CN(C(=O)CCOc2ccc(Cl)c(Cl)c2)C1. The van der Waals surface area contributed by atoms with Crippen LogP contribution in [-0.2, 0) is 4.79 Å². The van der Waals surface area contributed by atoms with E-state index in [4.69, 9.17) is 27.9 Å². The number of nitrogens with zero attached hydrogens (tertiary/aromatic N) is 1. The van der Waals surface area contributed by atoms with Gasteiger partial charge in [-0.3, -0.25) is 4.79 Å². The molecule has 0 aliphatic carbocycles. The summed E-state index contributed by atoms with van der Waals surface area (Å²) in [7, 11) is 0. The molecule has 0 radical (unpaired) electrons. The Balaban J connectivity index is 1.72. The second-order valence-corrected chi connectivity index (χ2v) is 6.21. The lowest BCUT2D eigenvalue weighted by Crippen LogP contribution is -2.63. The average molecular weight is 332 g/mol. The highest BCUT2D eigenvalue weighted by molar-refractivity contribution is 6.42. The number of benzene rings is 1. The van der Waals surface area contributed by atoms with Gasteiger partial charge in [-0.15, -0.1) is 0 Å². The van der Waals surface area contributed by atoms with Crippen LogP contribution in [0.4, 0.5) is 0 Å². The van der Waals surface area contributed by atoms with E-state index in [0.29, 0.717) is 28.9 Å². The molecule has 0 atom stereocenters. The normalized spacial score (nSPS) is 16.5. The van der Waals surface area contributed by atoms with Crippen LogP contribution in [-0.4, -0.2) is 41.2 Å². The zero-order chi connectivity index (χ0) is 15.5. The van der Waals surface area contributed by atoms with Crippen LogP contribution in [0, 0.1) is 0 Å². The van der Waals surface area contributed by atoms with E-state index in [1.165, 1.54) is 0 Å². The lowest BCUT2D eigenvalue weighted by molar-refractivity contribution is -0.157. The Bertz CT molecular complexity index is 516. The number of hydrogen-bond acceptors (Lipinski definition) is 3. The molecule has 1 aliphatic heterocycles. The summed E-state index contributed by atoms with van der Waals surface area (Å²) in [6.07, 6.45) is 1.93. The van der Waals surface area contributed by atoms with E-state index >= 15 is 0 Å². The molecule has 1 aliphatic rings. The van der Waals surface area contributed by atoms with Crippen molar-refractivity contribution in [1.82, 2.24) is 4.90 Å². The maximum absolute atomic E-state index is 11.9. The standard InChI is InChI=1S/C15H19Cl2NO3/c1-2-6-15(20)9-18(10-15)14(19)5-7-21-11-3-4-12(16)13(17)8-11/h3-4,8,20H,2,5-7,9-10H2,1H3. The van der Waals surface area contributed by atoms with Crippen molar-refractivity contribution < 1.29 is 14.6 Å². The summed E-state index contributed by atoms with van der Waals surface area (Å²) in [5.41, 5.74) is -0.686. The van der Waals surface area contributed by atoms with Gasteiger partial charge < -0.3 is 14.7 Å². The van der Waals surface area contributed by atoms with Crippen LogP contribution < -0.4 is 4.74 Å². The van der Waals surface area contributed by atoms with E-state index < -0.39 is 5.60 Å². The Morgan fingerprint density at radius 2 is 2.10 bits per heavy atom. The smallest absolute Gasteiger partial charge is 0.226 e. The van der Waals surface area contributed by atoms with Gasteiger partial charge >= 0.3 is 0 Å². The van der Waals surface area contributed by atoms with Gasteiger partial charge in [0.2, 0.25) is 5.91 Å². The first kappa shape index (κ1) is 16.4. The molecule has 116 valence electrons. The van der Waals surface area contributed by atoms with Gasteiger partial charge in [0.1, 0.15) is 5.75 Å². The summed E-state index contributed by atoms with van der Waals surface area (Å²) in [5, 5.41) is 10.9. The molecule has 1 amide bonds. The number of amides is 1. The second kappa shape index (κ2) is 6.86. The molecular formula is C15H19Cl2NO3. The number of aliphatic hydroxyl groups is 1. The third-order valence-electron chi connectivity index (χ3n) is 3.51. The fraction of sp³-hybridized carbons (Fsp3) is 0.533. The van der Waals surface area contributed by atoms with Crippen molar-refractivity contribution in [2.75, 3.05) is 19.7 Å². The number of halogens is 2. The molecule has 2 rings (SSSR count). The summed E-state index contributed by atoms with van der Waals surface area (Å²) < 4.78 is 5.48. The molecule has 0 spiro atoms. The molecule has 0 saturated carbocycles. The molecule has 1 aromatic rings. The van der Waals surface area contributed by atoms with Crippen molar-refractivity contribution in [3.05, 3.63) is 28.2 Å². The van der Waals surface area contributed by atoms with Crippen LogP contribution >= 0.6 is 23.2 Å². The monoisotopic (exact) mass is 331 g/mol. The van der Waals surface area contributed by atoms with Gasteiger partial charge in [-0.05, 0) is 18.6 Å². The lowest BCUT2D eigenvalue weighted by atomic mass is 9.89. The summed E-state index contributed by atoms with van der Waals surface area (Å²) in [5.74, 6) is 0.583. The number of hydrogen-bond donors (Lipinski definition) is 1. The third-order valence-corrected chi connectivity index (χ3v) is 4.25. The first-order valence-electron chi connectivity index (χ1n) is 7.01. The van der Waals surface area contributed by atoms with Gasteiger partial charge in [-0.2, -0.15) is 0 Å². The van der Waals surface area contributed by atoms with E-state index in [-0.39, 0.29) is 18.9 Å². The summed E-state index contributed by atoms with van der Waals surface area (Å²) in [6, 6.07) is 4.99. The molecule has 0 aromatic heterocycles. The van der Waals surface area contributed by atoms with Crippen LogP contribution in [0.15, 0.2) is 18.2 Å². The highest BCUT2D eigenvalue weighted by Gasteiger charge is 2.42. The number of rotatable bonds is 6. The Morgan fingerprint density at radius 1 is 1.38 bits per heavy atom. The maximum Gasteiger partial charge on any atom is 0.226 e. The summed E-state index contributed by atoms with van der Waals surface area (Å²) in [4.78, 5) is 13.6. The summed E-state index contributed by atoms with van der Waals surface area (Å²) >= 11 is 11.7. The van der Waals surface area contributed by atoms with E-state index in [2.05, 4.69) is 0 Å². The lowest BCUT2D eigenvalue weighted by Gasteiger charge is -2.46. The molecular weight excluding hydrogens is 313 g/mol. The highest BCUT2D eigenvalue weighted by Crippen LogP contribution is 2.27. The zero-order valence-electron chi connectivity index (χ0n) is 11.9. The van der Waals surface area contributed by atoms with E-state index in [1.807, 2.05) is 6.92 Å². The van der Waals surface area contributed by atoms with Gasteiger partial charge in [-0.1, -0.05) is 36.5 Å². The Labute approximate surface area is 134 Å². The van der Waals surface area contributed by atoms with E-state index in [1.54, 1.807) is 23.1 Å². The minimum atomic E-state index is -0.686. The van der Waals surface area contributed by atoms with Crippen LogP contribution in [0.25, 0.3) is 0 Å². The van der Waals surface area contributed by atoms with Gasteiger partial charge in [0.25, 0.3) is 0 Å². The van der Waals surface area contributed by atoms with Crippen LogP contribution in [0.5, 0.6) is 5.75 Å². The molecule has 1 N–H and O–H groups in total. The topological polar surface area (TPSA) is 49.8 Å². The highest BCUT2D eigenvalue weighted by atomic mass is 35.5. The fourth-order valence-corrected chi connectivity index (χ4v) is 2.73. The number of carbonyl (C=O) groups is 1. The minimum Gasteiger partial charge on any atom is -0.493 e. The largest absolute Gasteiger partial charge is 0.493 e. The molecule has 0 unspecified atom stereocenters. The number of ether oxygens (including phenoxy) is 1. The quantitative estimate of drug-likeness (QED) is 0.871. The van der Waals surface area contributed by atoms with Gasteiger partial charge in [0, 0.05) is 6.07 Å². The minimum absolute atomic E-state index is 0.00385. The van der Waals surface area contributed by atoms with Gasteiger partial charge in [-0.25, -0.2) is 0 Å². The molecule has 4 nitrogen and oxygen atoms in total. The molecule has 1 heterocycles. The first-order chi connectivity index (χ1) is 9.93. The van der Waals surface area contributed by atoms with Gasteiger partial charge in [0.15, 0.2) is 0 Å². The molecule has 1 aromatic carbocycles. The van der Waals surface area contributed by atoms with Crippen LogP contribution in [0.1, 0.15) is 26.2 Å². The van der Waals surface area contributed by atoms with E-state index in [0.717, 1.165) is 12.8 Å². The third kappa shape index (κ3) is 4.25. The van der Waals surface area contributed by atoms with Crippen molar-refractivity contribution in [2.24, 2.45) is 0 Å². The van der Waals surface area contributed by atoms with Crippen molar-refractivity contribution in [2.45, 2.75) is 31.8 Å². The Hall–Kier alpha value is -0.970. The molecule has 1 saturated heterocycles. The summed E-state index contributed by atoms with van der Waals surface area (Å²) in [6.45, 7) is 3.14. The molecule has 1 fully saturated rings. The predicted octanol–water partition coefficient (Wildman–Crippen LogP) is 3.14. The Morgan fingerprint density at radius 3 is 2.71 bits per heavy atom. The molecule has 0 bridgehead atoms. The number of carbonyl (C=O) groups excluding carboxylic acids is 1. The van der Waals surface area contributed by atoms with Crippen molar-refractivity contribution in [3.8, 4) is 5.75 Å². The molecule has 6 heteroatoms. The maximum atomic E-state index is 11.9. The van der Waals surface area contributed by atoms with E-state index in [9.17, 15) is 9.90 Å². The molecule has 21 heavy (non-hydrogen) atoms. The fourth-order valence-electron chi connectivity index (χ4n) is 2.45. The predicted molar refractivity (Wildman–Crippen MR) is 83.0 cm³/mol. The van der Waals surface area contributed by atoms with Crippen LogP contribution in [0.3, 0.4) is 0 Å². The van der Waals surface area contributed by atoms with Crippen LogP contribution in [0.2, 0.25) is 10.0 Å². The van der Waals surface area contributed by atoms with Gasteiger partial charge in [0.05, 0.1) is 41.8 Å². The van der Waals surface area contributed by atoms with Crippen molar-refractivity contribution in [3.63, 3.8) is 0 Å². The second-order valence-electron chi connectivity index (χ2n) is 5.40.